The molecule has 2 atom stereocenters. The van der Waals surface area contributed by atoms with Crippen molar-refractivity contribution in [1.82, 2.24) is 0 Å². The van der Waals surface area contributed by atoms with E-state index in [1.807, 2.05) is 24.3 Å². The molecule has 0 aliphatic rings. The molecule has 1 nitrogen and oxygen atoms in total. The van der Waals surface area contributed by atoms with Gasteiger partial charge in [-0.25, -0.2) is 4.39 Å². The van der Waals surface area contributed by atoms with E-state index in [1.165, 1.54) is 0 Å². The summed E-state index contributed by atoms with van der Waals surface area (Å²) in [6.07, 6.45) is 0. The van der Waals surface area contributed by atoms with Crippen LogP contribution < -0.4 is 0 Å². The Hall–Kier alpha value is -1.13. The second kappa shape index (κ2) is 5.98. The summed E-state index contributed by atoms with van der Waals surface area (Å²) in [5.41, 5.74) is 0. The van der Waals surface area contributed by atoms with E-state index in [9.17, 15) is 8.60 Å². The molecule has 17 heavy (non-hydrogen) atoms. The summed E-state index contributed by atoms with van der Waals surface area (Å²) in [6, 6.07) is 17.8. The first-order valence-electron chi connectivity index (χ1n) is 5.09. The highest BCUT2D eigenvalue weighted by molar-refractivity contribution is 8.11. The van der Waals surface area contributed by atoms with Gasteiger partial charge in [-0.15, -0.1) is 0 Å². The van der Waals surface area contributed by atoms with Gasteiger partial charge in [0.25, 0.3) is 0 Å². The van der Waals surface area contributed by atoms with Crippen LogP contribution in [0.3, 0.4) is 0 Å². The normalized spacial score (nSPS) is 14.2. The van der Waals surface area contributed by atoms with Gasteiger partial charge in [0.15, 0.2) is 0 Å². The van der Waals surface area contributed by atoms with E-state index >= 15 is 0 Å². The first-order valence-corrected chi connectivity index (χ1v) is 7.18. The standard InChI is InChI=1S/C13H11FOS2/c14-13(16-11-7-3-1-4-8-11)17(15)12-9-5-2-6-10-12/h1-10,13H. The molecule has 88 valence electrons. The zero-order valence-electron chi connectivity index (χ0n) is 8.95. The number of halogens is 1. The average molecular weight is 266 g/mol. The summed E-state index contributed by atoms with van der Waals surface area (Å²) in [4.78, 5) is -0.146. The molecule has 0 spiro atoms. The van der Waals surface area contributed by atoms with Crippen LogP contribution in [0.15, 0.2) is 70.5 Å². The molecule has 0 aliphatic carbocycles. The van der Waals surface area contributed by atoms with Crippen molar-refractivity contribution in [2.45, 2.75) is 14.6 Å². The van der Waals surface area contributed by atoms with E-state index in [0.717, 1.165) is 16.7 Å². The number of hydrogen-bond acceptors (Lipinski definition) is 2. The smallest absolute Gasteiger partial charge is 0.229 e. The van der Waals surface area contributed by atoms with Crippen LogP contribution in [0, 0.1) is 0 Å². The van der Waals surface area contributed by atoms with Crippen LogP contribution in [-0.2, 0) is 10.8 Å². The van der Waals surface area contributed by atoms with E-state index in [1.54, 1.807) is 36.4 Å². The molecule has 2 unspecified atom stereocenters. The Bertz CT molecular complexity index is 487. The Balaban J connectivity index is 2.06. The fraction of sp³-hybridized carbons (Fsp3) is 0.0769. The lowest BCUT2D eigenvalue weighted by molar-refractivity contribution is 0.546. The molecule has 0 N–H and O–H groups in total. The van der Waals surface area contributed by atoms with E-state index in [4.69, 9.17) is 0 Å². The van der Waals surface area contributed by atoms with Crippen molar-refractivity contribution in [2.24, 2.45) is 0 Å². The zero-order valence-corrected chi connectivity index (χ0v) is 10.6. The lowest BCUT2D eigenvalue weighted by Crippen LogP contribution is -2.04. The lowest BCUT2D eigenvalue weighted by atomic mass is 10.4. The molecular weight excluding hydrogens is 255 g/mol. The molecule has 0 saturated carbocycles. The Kier molecular flexibility index (Phi) is 4.34. The summed E-state index contributed by atoms with van der Waals surface area (Å²) < 4.78 is 25.7. The van der Waals surface area contributed by atoms with Crippen molar-refractivity contribution in [3.05, 3.63) is 60.7 Å². The highest BCUT2D eigenvalue weighted by Gasteiger charge is 2.18. The number of benzene rings is 2. The maximum Gasteiger partial charge on any atom is 0.229 e. The summed E-state index contributed by atoms with van der Waals surface area (Å²) in [5, 5.41) is 0. The molecule has 0 aliphatic heterocycles. The van der Waals surface area contributed by atoms with Gasteiger partial charge in [0.05, 0.1) is 10.8 Å². The SMILES string of the molecule is O=S(c1ccccc1)C(F)Sc1ccccc1. The van der Waals surface area contributed by atoms with E-state index in [-0.39, 0.29) is 0 Å². The Morgan fingerprint density at radius 1 is 0.941 bits per heavy atom. The molecule has 4 heteroatoms. The lowest BCUT2D eigenvalue weighted by Gasteiger charge is -2.07. The van der Waals surface area contributed by atoms with Crippen LogP contribution in [0.25, 0.3) is 0 Å². The third-order valence-corrected chi connectivity index (χ3v) is 4.73. The minimum atomic E-state index is -1.63. The first kappa shape index (κ1) is 12.3. The van der Waals surface area contributed by atoms with Gasteiger partial charge in [0, 0.05) is 9.79 Å². The second-order valence-corrected chi connectivity index (χ2v) is 6.22. The molecule has 0 saturated heterocycles. The topological polar surface area (TPSA) is 17.1 Å². The molecule has 0 fully saturated rings. The van der Waals surface area contributed by atoms with Crippen molar-refractivity contribution < 1.29 is 8.60 Å². The minimum absolute atomic E-state index is 0.517. The maximum absolute atomic E-state index is 13.8. The quantitative estimate of drug-likeness (QED) is 0.782. The van der Waals surface area contributed by atoms with Crippen molar-refractivity contribution in [3.8, 4) is 0 Å². The van der Waals surface area contributed by atoms with Gasteiger partial charge in [-0.2, -0.15) is 0 Å². The molecule has 2 aromatic rings. The molecule has 0 bridgehead atoms. The van der Waals surface area contributed by atoms with Crippen LogP contribution >= 0.6 is 11.8 Å². The summed E-state index contributed by atoms with van der Waals surface area (Å²) in [6.45, 7) is 0. The Morgan fingerprint density at radius 3 is 2.06 bits per heavy atom. The Labute approximate surface area is 107 Å². The maximum atomic E-state index is 13.8. The van der Waals surface area contributed by atoms with Crippen molar-refractivity contribution in [1.29, 1.82) is 0 Å². The van der Waals surface area contributed by atoms with Crippen molar-refractivity contribution in [2.75, 3.05) is 0 Å². The van der Waals surface area contributed by atoms with Crippen LogP contribution in [0.1, 0.15) is 0 Å². The highest BCUT2D eigenvalue weighted by Crippen LogP contribution is 2.28. The van der Waals surface area contributed by atoms with Gasteiger partial charge in [-0.05, 0) is 24.3 Å². The summed E-state index contributed by atoms with van der Waals surface area (Å²) in [7, 11) is -1.63. The molecule has 0 heterocycles. The zero-order chi connectivity index (χ0) is 12.1. The van der Waals surface area contributed by atoms with Gasteiger partial charge in [0.1, 0.15) is 0 Å². The fourth-order valence-electron chi connectivity index (χ4n) is 1.31. The van der Waals surface area contributed by atoms with Crippen molar-refractivity contribution in [3.63, 3.8) is 0 Å². The largest absolute Gasteiger partial charge is 0.250 e. The Morgan fingerprint density at radius 2 is 1.47 bits per heavy atom. The second-order valence-electron chi connectivity index (χ2n) is 3.32. The van der Waals surface area contributed by atoms with Gasteiger partial charge < -0.3 is 0 Å². The van der Waals surface area contributed by atoms with Gasteiger partial charge in [-0.1, -0.05) is 48.2 Å². The predicted molar refractivity (Wildman–Crippen MR) is 70.0 cm³/mol. The minimum Gasteiger partial charge on any atom is -0.250 e. The molecule has 0 radical (unpaired) electrons. The number of hydrogen-bond donors (Lipinski definition) is 0. The van der Waals surface area contributed by atoms with E-state index < -0.39 is 15.6 Å². The molecule has 0 amide bonds. The number of alkyl halides is 1. The first-order chi connectivity index (χ1) is 8.27. The van der Waals surface area contributed by atoms with Gasteiger partial charge >= 0.3 is 0 Å². The number of thioether (sulfide) groups is 1. The molecule has 2 aromatic carbocycles. The highest BCUT2D eigenvalue weighted by atomic mass is 32.2. The third-order valence-electron chi connectivity index (χ3n) is 2.12. The van der Waals surface area contributed by atoms with Crippen molar-refractivity contribution >= 4 is 22.6 Å². The monoisotopic (exact) mass is 266 g/mol. The van der Waals surface area contributed by atoms with E-state index in [2.05, 4.69) is 0 Å². The summed E-state index contributed by atoms with van der Waals surface area (Å²) in [5.74, 6) is 0. The molecule has 0 aromatic heterocycles. The van der Waals surface area contributed by atoms with Gasteiger partial charge in [0.2, 0.25) is 4.84 Å². The molecule has 2 rings (SSSR count). The van der Waals surface area contributed by atoms with Crippen LogP contribution in [0.2, 0.25) is 0 Å². The van der Waals surface area contributed by atoms with Crippen LogP contribution in [0.5, 0.6) is 0 Å². The third kappa shape index (κ3) is 3.41. The predicted octanol–water partition coefficient (Wildman–Crippen LogP) is 3.84. The van der Waals surface area contributed by atoms with Crippen LogP contribution in [0.4, 0.5) is 4.39 Å². The molecular formula is C13H11FOS2. The average Bonchev–Trinajstić information content (AvgIpc) is 2.40. The van der Waals surface area contributed by atoms with Crippen LogP contribution in [-0.4, -0.2) is 9.04 Å². The fourth-order valence-corrected chi connectivity index (χ4v) is 3.50. The summed E-state index contributed by atoms with van der Waals surface area (Å²) >= 11 is 0.980. The van der Waals surface area contributed by atoms with Gasteiger partial charge in [-0.3, -0.25) is 4.21 Å². The van der Waals surface area contributed by atoms with E-state index in [0.29, 0.717) is 4.90 Å². The number of rotatable bonds is 4.